The molecule has 0 saturated heterocycles. The fourth-order valence-electron chi connectivity index (χ4n) is 1.86. The maximum atomic E-state index is 3.53. The molecular weight excluding hydrogens is 196 g/mol. The highest BCUT2D eigenvalue weighted by Crippen LogP contribution is 2.14. The van der Waals surface area contributed by atoms with Crippen molar-refractivity contribution in [3.8, 4) is 0 Å². The van der Waals surface area contributed by atoms with Gasteiger partial charge in [-0.1, -0.05) is 20.8 Å². The second-order valence-electron chi connectivity index (χ2n) is 7.18. The molecule has 0 aliphatic carbocycles. The van der Waals surface area contributed by atoms with Crippen molar-refractivity contribution in [2.45, 2.75) is 59.9 Å². The van der Waals surface area contributed by atoms with Gasteiger partial charge in [-0.05, 0) is 59.2 Å². The van der Waals surface area contributed by atoms with E-state index < -0.39 is 0 Å². The Bertz CT molecular complexity index is 174. The van der Waals surface area contributed by atoms with Crippen LogP contribution in [0.25, 0.3) is 0 Å². The lowest BCUT2D eigenvalue weighted by Gasteiger charge is -2.26. The van der Waals surface area contributed by atoms with Crippen molar-refractivity contribution in [2.24, 2.45) is 5.41 Å². The van der Waals surface area contributed by atoms with Gasteiger partial charge in [-0.25, -0.2) is 0 Å². The largest absolute Gasteiger partial charge is 0.312 e. The quantitative estimate of drug-likeness (QED) is 0.703. The predicted octanol–water partition coefficient (Wildman–Crippen LogP) is 3.13. The molecule has 0 bridgehead atoms. The van der Waals surface area contributed by atoms with Gasteiger partial charge < -0.3 is 10.2 Å². The third-order valence-electron chi connectivity index (χ3n) is 2.37. The molecule has 2 nitrogen and oxygen atoms in total. The van der Waals surface area contributed by atoms with E-state index in [1.165, 1.54) is 25.9 Å². The Morgan fingerprint density at radius 1 is 0.938 bits per heavy atom. The van der Waals surface area contributed by atoms with Gasteiger partial charge in [0.2, 0.25) is 0 Å². The molecule has 0 aromatic heterocycles. The predicted molar refractivity (Wildman–Crippen MR) is 73.9 cm³/mol. The Hall–Kier alpha value is -0.0800. The van der Waals surface area contributed by atoms with E-state index in [4.69, 9.17) is 0 Å². The molecule has 16 heavy (non-hydrogen) atoms. The maximum Gasteiger partial charge on any atom is 0.00965 e. The van der Waals surface area contributed by atoms with Crippen LogP contribution in [-0.2, 0) is 0 Å². The van der Waals surface area contributed by atoms with E-state index in [9.17, 15) is 0 Å². The van der Waals surface area contributed by atoms with Gasteiger partial charge in [-0.15, -0.1) is 0 Å². The molecule has 0 spiro atoms. The van der Waals surface area contributed by atoms with Crippen LogP contribution in [0.2, 0.25) is 0 Å². The lowest BCUT2D eigenvalue weighted by molar-refractivity contribution is 0.223. The van der Waals surface area contributed by atoms with E-state index in [2.05, 4.69) is 58.8 Å². The standard InChI is InChI=1S/C14H32N2/c1-13(2,3)12-16(7)11-9-8-10-15-14(4,5)6/h15H,8-12H2,1-7H3. The van der Waals surface area contributed by atoms with Gasteiger partial charge in [-0.2, -0.15) is 0 Å². The molecular formula is C14H32N2. The number of rotatable bonds is 6. The summed E-state index contributed by atoms with van der Waals surface area (Å²) in [6, 6.07) is 0. The van der Waals surface area contributed by atoms with E-state index in [0.29, 0.717) is 5.41 Å². The lowest BCUT2D eigenvalue weighted by atomic mass is 9.96. The second-order valence-corrected chi connectivity index (χ2v) is 7.18. The maximum absolute atomic E-state index is 3.53. The third kappa shape index (κ3) is 12.0. The topological polar surface area (TPSA) is 15.3 Å². The van der Waals surface area contributed by atoms with E-state index >= 15 is 0 Å². The van der Waals surface area contributed by atoms with Crippen LogP contribution in [0.15, 0.2) is 0 Å². The molecule has 0 rings (SSSR count). The van der Waals surface area contributed by atoms with Crippen molar-refractivity contribution in [3.63, 3.8) is 0 Å². The Morgan fingerprint density at radius 3 is 1.94 bits per heavy atom. The summed E-state index contributed by atoms with van der Waals surface area (Å²) >= 11 is 0. The van der Waals surface area contributed by atoms with Crippen LogP contribution in [0.1, 0.15) is 54.4 Å². The first kappa shape index (κ1) is 15.9. The van der Waals surface area contributed by atoms with E-state index in [0.717, 1.165) is 6.54 Å². The van der Waals surface area contributed by atoms with Crippen molar-refractivity contribution in [1.82, 2.24) is 10.2 Å². The average Bonchev–Trinajstić information content (AvgIpc) is 1.97. The minimum atomic E-state index is 0.261. The number of nitrogens with one attached hydrogen (secondary N) is 1. The van der Waals surface area contributed by atoms with Crippen LogP contribution in [-0.4, -0.2) is 37.1 Å². The zero-order valence-electron chi connectivity index (χ0n) is 12.5. The molecule has 0 fully saturated rings. The Kier molecular flexibility index (Phi) is 6.57. The third-order valence-corrected chi connectivity index (χ3v) is 2.37. The van der Waals surface area contributed by atoms with Gasteiger partial charge in [0, 0.05) is 12.1 Å². The fraction of sp³-hybridized carbons (Fsp3) is 1.00. The highest BCUT2D eigenvalue weighted by atomic mass is 15.1. The molecule has 2 heteroatoms. The van der Waals surface area contributed by atoms with Crippen LogP contribution < -0.4 is 5.32 Å². The van der Waals surface area contributed by atoms with Crippen LogP contribution in [0, 0.1) is 5.41 Å². The van der Waals surface area contributed by atoms with E-state index in [1.807, 2.05) is 0 Å². The van der Waals surface area contributed by atoms with Gasteiger partial charge in [0.05, 0.1) is 0 Å². The summed E-state index contributed by atoms with van der Waals surface area (Å²) in [7, 11) is 2.22. The molecule has 0 radical (unpaired) electrons. The van der Waals surface area contributed by atoms with Crippen molar-refractivity contribution in [3.05, 3.63) is 0 Å². The van der Waals surface area contributed by atoms with Crippen molar-refractivity contribution < 1.29 is 0 Å². The normalized spacial score (nSPS) is 13.5. The fourth-order valence-corrected chi connectivity index (χ4v) is 1.86. The first-order valence-corrected chi connectivity index (χ1v) is 6.54. The van der Waals surface area contributed by atoms with Gasteiger partial charge >= 0.3 is 0 Å². The summed E-state index contributed by atoms with van der Waals surface area (Å²) in [5.74, 6) is 0. The molecule has 1 N–H and O–H groups in total. The monoisotopic (exact) mass is 228 g/mol. The average molecular weight is 228 g/mol. The number of unbranched alkanes of at least 4 members (excludes halogenated alkanes) is 1. The lowest BCUT2D eigenvalue weighted by Crippen LogP contribution is -2.36. The van der Waals surface area contributed by atoms with E-state index in [1.54, 1.807) is 0 Å². The number of nitrogens with zero attached hydrogens (tertiary/aromatic N) is 1. The molecule has 0 heterocycles. The molecule has 0 unspecified atom stereocenters. The van der Waals surface area contributed by atoms with Crippen LogP contribution >= 0.6 is 0 Å². The van der Waals surface area contributed by atoms with Gasteiger partial charge in [0.15, 0.2) is 0 Å². The number of hydrogen-bond donors (Lipinski definition) is 1. The van der Waals surface area contributed by atoms with Crippen molar-refractivity contribution >= 4 is 0 Å². The Morgan fingerprint density at radius 2 is 1.50 bits per heavy atom. The SMILES string of the molecule is CN(CCCCNC(C)(C)C)CC(C)(C)C. The van der Waals surface area contributed by atoms with E-state index in [-0.39, 0.29) is 5.54 Å². The zero-order chi connectivity index (χ0) is 12.8. The minimum absolute atomic E-state index is 0.261. The summed E-state index contributed by atoms with van der Waals surface area (Å²) < 4.78 is 0. The molecule has 0 aromatic rings. The van der Waals surface area contributed by atoms with Crippen LogP contribution in [0.4, 0.5) is 0 Å². The van der Waals surface area contributed by atoms with Crippen LogP contribution in [0.3, 0.4) is 0 Å². The summed E-state index contributed by atoms with van der Waals surface area (Å²) in [6.07, 6.45) is 2.56. The first-order valence-electron chi connectivity index (χ1n) is 6.54. The highest BCUT2D eigenvalue weighted by molar-refractivity contribution is 4.70. The molecule has 0 saturated carbocycles. The summed E-state index contributed by atoms with van der Waals surface area (Å²) in [5, 5.41) is 3.53. The van der Waals surface area contributed by atoms with Crippen LogP contribution in [0.5, 0.6) is 0 Å². The molecule has 0 amide bonds. The van der Waals surface area contributed by atoms with Gasteiger partial charge in [0.25, 0.3) is 0 Å². The second kappa shape index (κ2) is 6.61. The first-order chi connectivity index (χ1) is 7.10. The number of hydrogen-bond acceptors (Lipinski definition) is 2. The van der Waals surface area contributed by atoms with Crippen molar-refractivity contribution in [2.75, 3.05) is 26.7 Å². The Labute approximate surface area is 103 Å². The smallest absolute Gasteiger partial charge is 0.00965 e. The van der Waals surface area contributed by atoms with Gasteiger partial charge in [0.1, 0.15) is 0 Å². The Balaban J connectivity index is 3.45. The summed E-state index contributed by atoms with van der Waals surface area (Å²) in [5.41, 5.74) is 0.676. The molecule has 0 aliphatic heterocycles. The van der Waals surface area contributed by atoms with Gasteiger partial charge in [-0.3, -0.25) is 0 Å². The van der Waals surface area contributed by atoms with Crippen molar-refractivity contribution in [1.29, 1.82) is 0 Å². The zero-order valence-corrected chi connectivity index (χ0v) is 12.5. The summed E-state index contributed by atoms with van der Waals surface area (Å²) in [6.45, 7) is 17.1. The summed E-state index contributed by atoms with van der Waals surface area (Å²) in [4.78, 5) is 2.44. The minimum Gasteiger partial charge on any atom is -0.312 e. The highest BCUT2D eigenvalue weighted by Gasteiger charge is 2.13. The molecule has 0 atom stereocenters. The molecule has 0 aromatic carbocycles. The molecule has 98 valence electrons. The molecule has 0 aliphatic rings.